The molecule has 0 aliphatic rings. The van der Waals surface area contributed by atoms with Crippen LogP contribution in [0, 0.1) is 13.8 Å². The van der Waals surface area contributed by atoms with E-state index < -0.39 is 5.97 Å². The zero-order valence-corrected chi connectivity index (χ0v) is 20.6. The van der Waals surface area contributed by atoms with Gasteiger partial charge in [-0.25, -0.2) is 4.79 Å². The number of ether oxygens (including phenoxy) is 1. The first-order valence-electron chi connectivity index (χ1n) is 11.5. The Bertz CT molecular complexity index is 1580. The number of nitrogens with zero attached hydrogens (tertiary/aromatic N) is 2. The Morgan fingerprint density at radius 1 is 1.06 bits per heavy atom. The second-order valence-electron chi connectivity index (χ2n) is 8.73. The Hall–Kier alpha value is -3.77. The third-order valence-electron chi connectivity index (χ3n) is 6.58. The summed E-state index contributed by atoms with van der Waals surface area (Å²) in [6, 6.07) is 17.8. The summed E-state index contributed by atoms with van der Waals surface area (Å²) < 4.78 is 7.90. The highest BCUT2D eigenvalue weighted by Crippen LogP contribution is 2.40. The van der Waals surface area contributed by atoms with E-state index in [2.05, 4.69) is 22.2 Å². The largest absolute Gasteiger partial charge is 0.493 e. The molecule has 5 rings (SSSR count). The first kappa shape index (κ1) is 23.0. The number of carboxylic acid groups (broad SMARTS) is 1. The zero-order valence-electron chi connectivity index (χ0n) is 19.9. The third kappa shape index (κ3) is 4.04. The second-order valence-corrected chi connectivity index (χ2v) is 9.13. The first-order chi connectivity index (χ1) is 16.9. The van der Waals surface area contributed by atoms with Crippen LogP contribution in [0.15, 0.2) is 54.6 Å². The SMILES string of the molecule is Cc1nn(C)c(C)c1-c1c(Cl)ccc2c(CCCOc3cccc4ccccc34)c(C(=O)O)[nH]c12. The summed E-state index contributed by atoms with van der Waals surface area (Å²) in [6.45, 7) is 4.39. The summed E-state index contributed by atoms with van der Waals surface area (Å²) in [5.74, 6) is -0.162. The molecule has 6 nitrogen and oxygen atoms in total. The highest BCUT2D eigenvalue weighted by atomic mass is 35.5. The molecule has 0 bridgehead atoms. The van der Waals surface area contributed by atoms with Gasteiger partial charge in [-0.1, -0.05) is 54.1 Å². The minimum absolute atomic E-state index is 0.188. The van der Waals surface area contributed by atoms with E-state index in [0.29, 0.717) is 24.5 Å². The topological polar surface area (TPSA) is 80.1 Å². The minimum Gasteiger partial charge on any atom is -0.493 e. The maximum absolute atomic E-state index is 12.2. The fourth-order valence-electron chi connectivity index (χ4n) is 4.87. The average Bonchev–Trinajstić information content (AvgIpc) is 3.33. The second kappa shape index (κ2) is 9.12. The van der Waals surface area contributed by atoms with Crippen molar-refractivity contribution in [2.24, 2.45) is 7.05 Å². The number of aryl methyl sites for hydroxylation is 3. The zero-order chi connectivity index (χ0) is 24.7. The molecule has 0 amide bonds. The maximum Gasteiger partial charge on any atom is 0.352 e. The lowest BCUT2D eigenvalue weighted by atomic mass is 9.98. The molecule has 0 saturated carbocycles. The molecule has 2 heterocycles. The lowest BCUT2D eigenvalue weighted by Gasteiger charge is -2.10. The molecule has 0 atom stereocenters. The quantitative estimate of drug-likeness (QED) is 0.250. The third-order valence-corrected chi connectivity index (χ3v) is 6.90. The molecule has 0 radical (unpaired) electrons. The Morgan fingerprint density at radius 2 is 1.83 bits per heavy atom. The monoisotopic (exact) mass is 487 g/mol. The van der Waals surface area contributed by atoms with Gasteiger partial charge >= 0.3 is 5.97 Å². The van der Waals surface area contributed by atoms with Crippen molar-refractivity contribution < 1.29 is 14.6 Å². The van der Waals surface area contributed by atoms with E-state index >= 15 is 0 Å². The van der Waals surface area contributed by atoms with Crippen molar-refractivity contribution in [3.8, 4) is 16.9 Å². The summed E-state index contributed by atoms with van der Waals surface area (Å²) in [7, 11) is 1.89. The molecule has 3 aromatic carbocycles. The number of halogens is 1. The molecule has 5 aromatic rings. The van der Waals surface area contributed by atoms with Crippen molar-refractivity contribution in [3.05, 3.63) is 82.3 Å². The Morgan fingerprint density at radius 3 is 2.57 bits per heavy atom. The van der Waals surface area contributed by atoms with E-state index in [1.165, 1.54) is 0 Å². The molecule has 0 aliphatic carbocycles. The molecule has 0 unspecified atom stereocenters. The smallest absolute Gasteiger partial charge is 0.352 e. The van der Waals surface area contributed by atoms with E-state index in [1.54, 1.807) is 0 Å². The number of carboxylic acids is 1. The van der Waals surface area contributed by atoms with E-state index in [9.17, 15) is 9.90 Å². The summed E-state index contributed by atoms with van der Waals surface area (Å²) in [5.41, 5.74) is 5.18. The molecular formula is C28H26ClN3O3. The van der Waals surface area contributed by atoms with Gasteiger partial charge in [0.2, 0.25) is 0 Å². The fraction of sp³-hybridized carbons (Fsp3) is 0.214. The van der Waals surface area contributed by atoms with Crippen LogP contribution >= 0.6 is 11.6 Å². The van der Waals surface area contributed by atoms with Crippen LogP contribution in [0.25, 0.3) is 32.8 Å². The van der Waals surface area contributed by atoms with Crippen LogP contribution in [-0.4, -0.2) is 32.4 Å². The van der Waals surface area contributed by atoms with Gasteiger partial charge in [0, 0.05) is 34.6 Å². The average molecular weight is 488 g/mol. The number of carbonyl (C=O) groups is 1. The first-order valence-corrected chi connectivity index (χ1v) is 11.9. The normalized spacial score (nSPS) is 11.4. The highest BCUT2D eigenvalue weighted by Gasteiger charge is 2.23. The molecule has 0 saturated heterocycles. The molecule has 2 N–H and O–H groups in total. The van der Waals surface area contributed by atoms with E-state index in [1.807, 2.05) is 68.0 Å². The van der Waals surface area contributed by atoms with Crippen LogP contribution < -0.4 is 4.74 Å². The highest BCUT2D eigenvalue weighted by molar-refractivity contribution is 6.35. The van der Waals surface area contributed by atoms with Gasteiger partial charge < -0.3 is 14.8 Å². The number of fused-ring (bicyclic) bond motifs is 2. The molecule has 0 aliphatic heterocycles. The van der Waals surface area contributed by atoms with Gasteiger partial charge in [-0.15, -0.1) is 0 Å². The van der Waals surface area contributed by atoms with Crippen molar-refractivity contribution in [2.75, 3.05) is 6.61 Å². The van der Waals surface area contributed by atoms with Gasteiger partial charge in [-0.2, -0.15) is 5.10 Å². The van der Waals surface area contributed by atoms with E-state index in [0.717, 1.165) is 55.5 Å². The van der Waals surface area contributed by atoms with Gasteiger partial charge in [0.1, 0.15) is 11.4 Å². The molecule has 2 aromatic heterocycles. The van der Waals surface area contributed by atoms with Crippen molar-refractivity contribution >= 4 is 39.2 Å². The number of nitrogens with one attached hydrogen (secondary N) is 1. The Labute approximate surface area is 208 Å². The molecular weight excluding hydrogens is 462 g/mol. The number of aromatic nitrogens is 3. The van der Waals surface area contributed by atoms with Gasteiger partial charge in [-0.3, -0.25) is 4.68 Å². The molecule has 0 spiro atoms. The standard InChI is InChI=1S/C28H26ClN3O3/c1-16-24(17(2)32(3)31-16)25-22(29)14-13-21-20(27(28(33)34)30-26(21)25)11-7-15-35-23-12-6-9-18-8-4-5-10-19(18)23/h4-6,8-10,12-14,30H,7,11,15H2,1-3H3,(H,33,34). The van der Waals surface area contributed by atoms with E-state index in [4.69, 9.17) is 16.3 Å². The van der Waals surface area contributed by atoms with Crippen LogP contribution in [0.3, 0.4) is 0 Å². The van der Waals surface area contributed by atoms with Crippen LogP contribution in [0.1, 0.15) is 33.9 Å². The molecule has 7 heteroatoms. The number of hydrogen-bond acceptors (Lipinski definition) is 3. The van der Waals surface area contributed by atoms with Crippen molar-refractivity contribution in [2.45, 2.75) is 26.7 Å². The van der Waals surface area contributed by atoms with Gasteiger partial charge in [0.15, 0.2) is 0 Å². The van der Waals surface area contributed by atoms with Crippen LogP contribution in [-0.2, 0) is 13.5 Å². The molecule has 0 fully saturated rings. The van der Waals surface area contributed by atoms with Gasteiger partial charge in [-0.05, 0) is 49.8 Å². The lowest BCUT2D eigenvalue weighted by molar-refractivity contribution is 0.0690. The number of aromatic amines is 1. The number of H-pyrrole nitrogens is 1. The number of benzene rings is 3. The number of aromatic carboxylic acids is 1. The minimum atomic E-state index is -0.993. The van der Waals surface area contributed by atoms with Crippen molar-refractivity contribution in [3.63, 3.8) is 0 Å². The van der Waals surface area contributed by atoms with Crippen molar-refractivity contribution in [1.29, 1.82) is 0 Å². The lowest BCUT2D eigenvalue weighted by Crippen LogP contribution is -2.04. The number of hydrogen-bond donors (Lipinski definition) is 2. The van der Waals surface area contributed by atoms with Crippen LogP contribution in [0.2, 0.25) is 5.02 Å². The number of rotatable bonds is 7. The summed E-state index contributed by atoms with van der Waals surface area (Å²) in [4.78, 5) is 15.3. The predicted octanol–water partition coefficient (Wildman–Crippen LogP) is 6.70. The Balaban J connectivity index is 1.47. The summed E-state index contributed by atoms with van der Waals surface area (Å²) >= 11 is 6.65. The molecule has 35 heavy (non-hydrogen) atoms. The van der Waals surface area contributed by atoms with Crippen molar-refractivity contribution in [1.82, 2.24) is 14.8 Å². The fourth-order valence-corrected chi connectivity index (χ4v) is 5.12. The predicted molar refractivity (Wildman–Crippen MR) is 140 cm³/mol. The van der Waals surface area contributed by atoms with Crippen LogP contribution in [0.5, 0.6) is 5.75 Å². The van der Waals surface area contributed by atoms with Gasteiger partial charge in [0.05, 0.1) is 22.8 Å². The summed E-state index contributed by atoms with van der Waals surface area (Å²) in [5, 5.41) is 18.1. The van der Waals surface area contributed by atoms with E-state index in [-0.39, 0.29) is 5.69 Å². The van der Waals surface area contributed by atoms with Gasteiger partial charge in [0.25, 0.3) is 0 Å². The van der Waals surface area contributed by atoms with Crippen LogP contribution in [0.4, 0.5) is 0 Å². The summed E-state index contributed by atoms with van der Waals surface area (Å²) in [6.07, 6.45) is 1.22. The maximum atomic E-state index is 12.2. The molecule has 178 valence electrons. The Kier molecular flexibility index (Phi) is 5.99.